The Hall–Kier alpha value is -3.33. The van der Waals surface area contributed by atoms with E-state index in [0.717, 1.165) is 5.56 Å². The fourth-order valence-corrected chi connectivity index (χ4v) is 4.03. The van der Waals surface area contributed by atoms with E-state index >= 15 is 0 Å². The number of nitrogens with one attached hydrogen (secondary N) is 2. The third kappa shape index (κ3) is 5.67. The van der Waals surface area contributed by atoms with E-state index in [2.05, 4.69) is 20.8 Å². The molecule has 0 fully saturated rings. The van der Waals surface area contributed by atoms with Gasteiger partial charge in [-0.05, 0) is 45.0 Å². The van der Waals surface area contributed by atoms with Crippen LogP contribution in [0.4, 0.5) is 5.69 Å². The smallest absolute Gasteiger partial charge is 0.251 e. The van der Waals surface area contributed by atoms with Crippen LogP contribution < -0.4 is 15.4 Å². The predicted octanol–water partition coefficient (Wildman–Crippen LogP) is 3.84. The zero-order valence-corrected chi connectivity index (χ0v) is 19.4. The summed E-state index contributed by atoms with van der Waals surface area (Å²) in [5.74, 6) is 1.06. The number of amides is 2. The molecule has 3 aromatic rings. The van der Waals surface area contributed by atoms with Crippen molar-refractivity contribution in [1.82, 2.24) is 20.1 Å². The van der Waals surface area contributed by atoms with Crippen LogP contribution in [0.5, 0.6) is 5.75 Å². The van der Waals surface area contributed by atoms with E-state index in [-0.39, 0.29) is 23.6 Å². The molecule has 0 aliphatic rings. The number of hydrogen-bond acceptors (Lipinski definition) is 6. The van der Waals surface area contributed by atoms with Crippen LogP contribution >= 0.6 is 11.8 Å². The molecular weight excluding hydrogens is 426 g/mol. The summed E-state index contributed by atoms with van der Waals surface area (Å²) in [5.41, 5.74) is 2.24. The van der Waals surface area contributed by atoms with Gasteiger partial charge in [-0.15, -0.1) is 10.2 Å². The minimum Gasteiger partial charge on any atom is -0.495 e. The molecule has 0 radical (unpaired) electrons. The minimum atomic E-state index is -0.341. The maximum Gasteiger partial charge on any atom is 0.251 e. The molecule has 8 nitrogen and oxygen atoms in total. The van der Waals surface area contributed by atoms with Gasteiger partial charge in [0.2, 0.25) is 5.91 Å². The van der Waals surface area contributed by atoms with Gasteiger partial charge >= 0.3 is 0 Å². The van der Waals surface area contributed by atoms with Crippen LogP contribution in [0.15, 0.2) is 53.7 Å². The summed E-state index contributed by atoms with van der Waals surface area (Å²) in [6.07, 6.45) is 0. The molecule has 0 aliphatic carbocycles. The van der Waals surface area contributed by atoms with E-state index in [1.807, 2.05) is 55.7 Å². The quantitative estimate of drug-likeness (QED) is 0.478. The van der Waals surface area contributed by atoms with Crippen molar-refractivity contribution in [3.8, 4) is 5.75 Å². The monoisotopic (exact) mass is 453 g/mol. The third-order valence-corrected chi connectivity index (χ3v) is 5.76. The number of thioether (sulfide) groups is 1. The zero-order valence-electron chi connectivity index (χ0n) is 18.6. The molecule has 2 N–H and O–H groups in total. The summed E-state index contributed by atoms with van der Waals surface area (Å²) in [7, 11) is 1.56. The fourth-order valence-electron chi connectivity index (χ4n) is 3.22. The molecule has 1 aromatic heterocycles. The van der Waals surface area contributed by atoms with E-state index in [9.17, 15) is 9.59 Å². The van der Waals surface area contributed by atoms with Crippen LogP contribution in [-0.4, -0.2) is 39.4 Å². The first kappa shape index (κ1) is 23.3. The summed E-state index contributed by atoms with van der Waals surface area (Å²) in [6, 6.07) is 14.3. The molecule has 3 rings (SSSR count). The van der Waals surface area contributed by atoms with Crippen molar-refractivity contribution in [2.45, 2.75) is 38.5 Å². The molecule has 0 saturated carbocycles. The first-order valence-electron chi connectivity index (χ1n) is 10.3. The Labute approximate surface area is 191 Å². The Morgan fingerprint density at radius 3 is 2.66 bits per heavy atom. The lowest BCUT2D eigenvalue weighted by molar-refractivity contribution is -0.113. The number of hydrogen-bond donors (Lipinski definition) is 2. The third-order valence-electron chi connectivity index (χ3n) is 4.79. The van der Waals surface area contributed by atoms with Crippen molar-refractivity contribution >= 4 is 29.3 Å². The number of aromatic nitrogens is 3. The van der Waals surface area contributed by atoms with Crippen molar-refractivity contribution in [3.05, 3.63) is 65.5 Å². The Morgan fingerprint density at radius 1 is 1.16 bits per heavy atom. The standard InChI is InChI=1S/C23H27N5O3S/c1-5-28-21(16(3)24-22(30)17-10-8-9-15(2)13-17)26-27-23(28)32-14-20(29)25-18-11-6-7-12-19(18)31-4/h6-13,16H,5,14H2,1-4H3,(H,24,30)(H,25,29)/t16-/m0/s1. The Balaban J connectivity index is 1.63. The van der Waals surface area contributed by atoms with E-state index in [0.29, 0.717) is 34.5 Å². The summed E-state index contributed by atoms with van der Waals surface area (Å²) in [4.78, 5) is 25.0. The molecular formula is C23H27N5O3S. The van der Waals surface area contributed by atoms with Crippen molar-refractivity contribution < 1.29 is 14.3 Å². The number of para-hydroxylation sites is 2. The first-order valence-corrected chi connectivity index (χ1v) is 11.3. The molecule has 1 atom stereocenters. The number of methoxy groups -OCH3 is 1. The second-order valence-electron chi connectivity index (χ2n) is 7.19. The number of aryl methyl sites for hydroxylation is 1. The highest BCUT2D eigenvalue weighted by Crippen LogP contribution is 2.25. The average Bonchev–Trinajstić information content (AvgIpc) is 3.21. The normalized spacial score (nSPS) is 11.6. The highest BCUT2D eigenvalue weighted by molar-refractivity contribution is 7.99. The van der Waals surface area contributed by atoms with Gasteiger partial charge in [-0.25, -0.2) is 0 Å². The van der Waals surface area contributed by atoms with Gasteiger partial charge in [0.25, 0.3) is 5.91 Å². The first-order chi connectivity index (χ1) is 15.4. The summed E-state index contributed by atoms with van der Waals surface area (Å²) >= 11 is 1.29. The van der Waals surface area contributed by atoms with Crippen LogP contribution in [0, 0.1) is 6.92 Å². The molecule has 0 saturated heterocycles. The Bertz CT molecular complexity index is 1100. The van der Waals surface area contributed by atoms with Crippen molar-refractivity contribution in [3.63, 3.8) is 0 Å². The number of anilines is 1. The fraction of sp³-hybridized carbons (Fsp3) is 0.304. The second kappa shape index (κ2) is 10.8. The molecule has 0 bridgehead atoms. The molecule has 0 spiro atoms. The average molecular weight is 454 g/mol. The predicted molar refractivity (Wildman–Crippen MR) is 125 cm³/mol. The van der Waals surface area contributed by atoms with Gasteiger partial charge in [-0.3, -0.25) is 9.59 Å². The molecule has 0 aliphatic heterocycles. The second-order valence-corrected chi connectivity index (χ2v) is 8.13. The lowest BCUT2D eigenvalue weighted by atomic mass is 10.1. The van der Waals surface area contributed by atoms with Crippen molar-refractivity contribution in [1.29, 1.82) is 0 Å². The van der Waals surface area contributed by atoms with Gasteiger partial charge in [-0.1, -0.05) is 41.6 Å². The maximum atomic E-state index is 12.6. The maximum absolute atomic E-state index is 12.6. The SMILES string of the molecule is CCn1c(SCC(=O)Nc2ccccc2OC)nnc1[C@H](C)NC(=O)c1cccc(C)c1. The Kier molecular flexibility index (Phi) is 7.88. The Morgan fingerprint density at radius 2 is 1.94 bits per heavy atom. The van der Waals surface area contributed by atoms with Crippen LogP contribution in [0.25, 0.3) is 0 Å². The van der Waals surface area contributed by atoms with E-state index in [1.54, 1.807) is 25.3 Å². The van der Waals surface area contributed by atoms with E-state index < -0.39 is 0 Å². The lowest BCUT2D eigenvalue weighted by Crippen LogP contribution is -2.28. The number of carbonyl (C=O) groups excluding carboxylic acids is 2. The molecule has 2 aromatic carbocycles. The van der Waals surface area contributed by atoms with Crippen LogP contribution in [0.2, 0.25) is 0 Å². The summed E-state index contributed by atoms with van der Waals surface area (Å²) < 4.78 is 7.17. The molecule has 0 unspecified atom stereocenters. The number of ether oxygens (including phenoxy) is 1. The van der Waals surface area contributed by atoms with Crippen molar-refractivity contribution in [2.24, 2.45) is 0 Å². The lowest BCUT2D eigenvalue weighted by Gasteiger charge is -2.15. The van der Waals surface area contributed by atoms with Crippen LogP contribution in [-0.2, 0) is 11.3 Å². The van der Waals surface area contributed by atoms with Crippen LogP contribution in [0.1, 0.15) is 41.6 Å². The van der Waals surface area contributed by atoms with E-state index in [1.165, 1.54) is 11.8 Å². The minimum absolute atomic E-state index is 0.167. The van der Waals surface area contributed by atoms with Crippen molar-refractivity contribution in [2.75, 3.05) is 18.2 Å². The van der Waals surface area contributed by atoms with Gasteiger partial charge in [0.05, 0.1) is 24.6 Å². The summed E-state index contributed by atoms with van der Waals surface area (Å²) in [5, 5.41) is 14.9. The van der Waals surface area contributed by atoms with Gasteiger partial charge in [0.15, 0.2) is 11.0 Å². The van der Waals surface area contributed by atoms with Gasteiger partial charge in [-0.2, -0.15) is 0 Å². The highest BCUT2D eigenvalue weighted by Gasteiger charge is 2.20. The number of nitrogens with zero attached hydrogens (tertiary/aromatic N) is 3. The topological polar surface area (TPSA) is 98.1 Å². The van der Waals surface area contributed by atoms with E-state index in [4.69, 9.17) is 4.74 Å². The molecule has 2 amide bonds. The molecule has 168 valence electrons. The number of carbonyl (C=O) groups is 2. The molecule has 1 heterocycles. The largest absolute Gasteiger partial charge is 0.495 e. The molecule has 32 heavy (non-hydrogen) atoms. The number of rotatable bonds is 9. The van der Waals surface area contributed by atoms with Crippen LogP contribution in [0.3, 0.4) is 0 Å². The zero-order chi connectivity index (χ0) is 23.1. The van der Waals surface area contributed by atoms with Gasteiger partial charge < -0.3 is 19.9 Å². The summed E-state index contributed by atoms with van der Waals surface area (Å²) in [6.45, 7) is 6.40. The van der Waals surface area contributed by atoms with Gasteiger partial charge in [0.1, 0.15) is 5.75 Å². The van der Waals surface area contributed by atoms with Gasteiger partial charge in [0, 0.05) is 12.1 Å². The molecule has 9 heteroatoms. The highest BCUT2D eigenvalue weighted by atomic mass is 32.2. The number of benzene rings is 2.